The summed E-state index contributed by atoms with van der Waals surface area (Å²) >= 11 is 0. The molecule has 6 heteroatoms. The number of aromatic nitrogens is 3. The molecule has 0 atom stereocenters. The van der Waals surface area contributed by atoms with E-state index in [9.17, 15) is 0 Å². The van der Waals surface area contributed by atoms with Crippen LogP contribution >= 0.6 is 0 Å². The molecule has 1 aliphatic heterocycles. The van der Waals surface area contributed by atoms with Crippen LogP contribution in [0.2, 0.25) is 0 Å². The highest BCUT2D eigenvalue weighted by Gasteiger charge is 2.16. The van der Waals surface area contributed by atoms with Gasteiger partial charge in [-0.1, -0.05) is 0 Å². The Kier molecular flexibility index (Phi) is 1.89. The second kappa shape index (κ2) is 3.26. The first-order valence-electron chi connectivity index (χ1n) is 5.40. The van der Waals surface area contributed by atoms with E-state index in [4.69, 9.17) is 11.5 Å². The van der Waals surface area contributed by atoms with Gasteiger partial charge in [0.1, 0.15) is 11.6 Å². The van der Waals surface area contributed by atoms with Crippen molar-refractivity contribution >= 4 is 23.0 Å². The molecule has 0 unspecified atom stereocenters. The molecule has 2 aromatic rings. The number of nitrogens with zero attached hydrogens (tertiary/aromatic N) is 4. The van der Waals surface area contributed by atoms with Crippen molar-refractivity contribution < 1.29 is 0 Å². The maximum absolute atomic E-state index is 5.92. The second-order valence-corrected chi connectivity index (χ2v) is 4.07. The highest BCUT2D eigenvalue weighted by atomic mass is 15.3. The lowest BCUT2D eigenvalue weighted by Gasteiger charge is -2.16. The van der Waals surface area contributed by atoms with Crippen LogP contribution in [0.15, 0.2) is 12.3 Å². The fraction of sp³-hybridized carbons (Fsp3) is 0.400. The summed E-state index contributed by atoms with van der Waals surface area (Å²) in [5.41, 5.74) is 12.9. The third-order valence-corrected chi connectivity index (χ3v) is 2.94. The SMILES string of the molecule is Nc1cnn2c(N)cc(N3CCCC3)nc12. The van der Waals surface area contributed by atoms with E-state index in [0.29, 0.717) is 17.2 Å². The Balaban J connectivity index is 2.15. The van der Waals surface area contributed by atoms with Gasteiger partial charge < -0.3 is 16.4 Å². The average Bonchev–Trinajstić information content (AvgIpc) is 2.88. The third kappa shape index (κ3) is 1.26. The molecule has 0 amide bonds. The lowest BCUT2D eigenvalue weighted by atomic mass is 10.4. The smallest absolute Gasteiger partial charge is 0.182 e. The zero-order chi connectivity index (χ0) is 11.1. The predicted molar refractivity (Wildman–Crippen MR) is 63.3 cm³/mol. The zero-order valence-electron chi connectivity index (χ0n) is 8.93. The molecule has 0 radical (unpaired) electrons. The molecule has 84 valence electrons. The number of nitrogen functional groups attached to an aromatic ring is 2. The molecule has 1 aliphatic rings. The lowest BCUT2D eigenvalue weighted by Crippen LogP contribution is -2.20. The normalized spacial score (nSPS) is 16.1. The summed E-state index contributed by atoms with van der Waals surface area (Å²) in [7, 11) is 0. The molecule has 4 N–H and O–H groups in total. The fourth-order valence-corrected chi connectivity index (χ4v) is 2.10. The number of hydrogen-bond acceptors (Lipinski definition) is 5. The fourth-order valence-electron chi connectivity index (χ4n) is 2.10. The molecule has 16 heavy (non-hydrogen) atoms. The van der Waals surface area contributed by atoms with Crippen LogP contribution < -0.4 is 16.4 Å². The number of fused-ring (bicyclic) bond motifs is 1. The summed E-state index contributed by atoms with van der Waals surface area (Å²) in [6.45, 7) is 2.08. The summed E-state index contributed by atoms with van der Waals surface area (Å²) in [4.78, 5) is 6.72. The van der Waals surface area contributed by atoms with E-state index in [1.165, 1.54) is 12.8 Å². The summed E-state index contributed by atoms with van der Waals surface area (Å²) in [6, 6.07) is 1.85. The summed E-state index contributed by atoms with van der Waals surface area (Å²) in [5, 5.41) is 4.07. The van der Waals surface area contributed by atoms with Crippen molar-refractivity contribution in [3.05, 3.63) is 12.3 Å². The van der Waals surface area contributed by atoms with Gasteiger partial charge in [0.15, 0.2) is 5.65 Å². The molecule has 1 fully saturated rings. The number of nitrogens with two attached hydrogens (primary N) is 2. The molecule has 2 aromatic heterocycles. The Hall–Kier alpha value is -1.98. The van der Waals surface area contributed by atoms with Gasteiger partial charge in [-0.25, -0.2) is 4.98 Å². The molecule has 1 saturated heterocycles. The number of anilines is 3. The van der Waals surface area contributed by atoms with Gasteiger partial charge in [-0.05, 0) is 12.8 Å². The van der Waals surface area contributed by atoms with Crippen molar-refractivity contribution in [1.29, 1.82) is 0 Å². The van der Waals surface area contributed by atoms with E-state index in [-0.39, 0.29) is 0 Å². The Labute approximate surface area is 92.9 Å². The van der Waals surface area contributed by atoms with E-state index in [1.807, 2.05) is 6.07 Å². The van der Waals surface area contributed by atoms with Crippen LogP contribution in [0.1, 0.15) is 12.8 Å². The number of hydrogen-bond donors (Lipinski definition) is 2. The largest absolute Gasteiger partial charge is 0.394 e. The van der Waals surface area contributed by atoms with Crippen molar-refractivity contribution in [3.63, 3.8) is 0 Å². The third-order valence-electron chi connectivity index (χ3n) is 2.94. The minimum Gasteiger partial charge on any atom is -0.394 e. The first-order valence-corrected chi connectivity index (χ1v) is 5.40. The first-order chi connectivity index (χ1) is 7.75. The molecule has 0 bridgehead atoms. The minimum atomic E-state index is 0.563. The van der Waals surface area contributed by atoms with Crippen molar-refractivity contribution in [2.24, 2.45) is 0 Å². The van der Waals surface area contributed by atoms with Crippen LogP contribution in [-0.4, -0.2) is 27.7 Å². The van der Waals surface area contributed by atoms with E-state index < -0.39 is 0 Å². The molecule has 3 rings (SSSR count). The van der Waals surface area contributed by atoms with E-state index in [1.54, 1.807) is 10.7 Å². The minimum absolute atomic E-state index is 0.563. The van der Waals surface area contributed by atoms with Crippen LogP contribution in [0.3, 0.4) is 0 Å². The Morgan fingerprint density at radius 3 is 2.69 bits per heavy atom. The predicted octanol–water partition coefficient (Wildman–Crippen LogP) is 0.494. The van der Waals surface area contributed by atoms with E-state index in [2.05, 4.69) is 15.0 Å². The summed E-state index contributed by atoms with van der Waals surface area (Å²) < 4.78 is 1.56. The van der Waals surface area contributed by atoms with Gasteiger partial charge in [0.2, 0.25) is 0 Å². The van der Waals surface area contributed by atoms with Gasteiger partial charge in [0, 0.05) is 19.2 Å². The topological polar surface area (TPSA) is 85.5 Å². The monoisotopic (exact) mass is 218 g/mol. The van der Waals surface area contributed by atoms with Crippen LogP contribution in [0, 0.1) is 0 Å². The molecule has 0 aliphatic carbocycles. The zero-order valence-corrected chi connectivity index (χ0v) is 8.93. The maximum atomic E-state index is 5.92. The van der Waals surface area contributed by atoms with Crippen LogP contribution in [0.4, 0.5) is 17.3 Å². The van der Waals surface area contributed by atoms with E-state index in [0.717, 1.165) is 18.9 Å². The average molecular weight is 218 g/mol. The molecule has 3 heterocycles. The van der Waals surface area contributed by atoms with Crippen molar-refractivity contribution in [1.82, 2.24) is 14.6 Å². The Morgan fingerprint density at radius 1 is 1.19 bits per heavy atom. The summed E-state index contributed by atoms with van der Waals surface area (Å²) in [6.07, 6.45) is 4.00. The van der Waals surface area contributed by atoms with Crippen molar-refractivity contribution in [3.8, 4) is 0 Å². The first kappa shape index (κ1) is 9.26. The Morgan fingerprint density at radius 2 is 1.94 bits per heavy atom. The van der Waals surface area contributed by atoms with Crippen molar-refractivity contribution in [2.75, 3.05) is 29.5 Å². The highest BCUT2D eigenvalue weighted by Crippen LogP contribution is 2.23. The maximum Gasteiger partial charge on any atom is 0.182 e. The Bertz CT molecular complexity index is 525. The van der Waals surface area contributed by atoms with Crippen LogP contribution in [-0.2, 0) is 0 Å². The second-order valence-electron chi connectivity index (χ2n) is 4.07. The van der Waals surface area contributed by atoms with Crippen LogP contribution in [0.5, 0.6) is 0 Å². The molecule has 0 spiro atoms. The van der Waals surface area contributed by atoms with E-state index >= 15 is 0 Å². The van der Waals surface area contributed by atoms with Gasteiger partial charge in [-0.15, -0.1) is 0 Å². The highest BCUT2D eigenvalue weighted by molar-refractivity contribution is 5.69. The molecule has 6 nitrogen and oxygen atoms in total. The van der Waals surface area contributed by atoms with Crippen molar-refractivity contribution in [2.45, 2.75) is 12.8 Å². The molecular weight excluding hydrogens is 204 g/mol. The molecule has 0 saturated carbocycles. The standard InChI is InChI=1S/C10H14N6/c11-7-6-13-16-8(12)5-9(14-10(7)16)15-3-1-2-4-15/h5-6H,1-4,11-12H2. The van der Waals surface area contributed by atoms with Crippen LogP contribution in [0.25, 0.3) is 5.65 Å². The quantitative estimate of drug-likeness (QED) is 0.727. The summed E-state index contributed by atoms with van der Waals surface area (Å²) in [5.74, 6) is 1.47. The van der Waals surface area contributed by atoms with Gasteiger partial charge in [-0.2, -0.15) is 9.61 Å². The van der Waals surface area contributed by atoms with Gasteiger partial charge in [0.25, 0.3) is 0 Å². The molecular formula is C10H14N6. The van der Waals surface area contributed by atoms with Gasteiger partial charge in [-0.3, -0.25) is 0 Å². The molecule has 0 aromatic carbocycles. The van der Waals surface area contributed by atoms with Gasteiger partial charge >= 0.3 is 0 Å². The number of rotatable bonds is 1. The lowest BCUT2D eigenvalue weighted by molar-refractivity contribution is 0.906. The van der Waals surface area contributed by atoms with Gasteiger partial charge in [0.05, 0.1) is 11.9 Å².